The summed E-state index contributed by atoms with van der Waals surface area (Å²) in [6.07, 6.45) is -0.710. The highest BCUT2D eigenvalue weighted by molar-refractivity contribution is 9.10. The Kier molecular flexibility index (Phi) is 4.01. The van der Waals surface area contributed by atoms with Gasteiger partial charge in [-0.1, -0.05) is 6.07 Å². The molecule has 0 aromatic carbocycles. The average molecular weight is 257 g/mol. The molecule has 1 aromatic rings. The van der Waals surface area contributed by atoms with Crippen LogP contribution in [0.2, 0.25) is 0 Å². The first kappa shape index (κ1) is 11.1. The van der Waals surface area contributed by atoms with Crippen LogP contribution in [0.25, 0.3) is 0 Å². The number of halogens is 1. The van der Waals surface area contributed by atoms with Gasteiger partial charge in [-0.25, -0.2) is 4.98 Å². The van der Waals surface area contributed by atoms with Gasteiger partial charge in [0.2, 0.25) is 0 Å². The van der Waals surface area contributed by atoms with E-state index in [0.29, 0.717) is 10.2 Å². The zero-order valence-electron chi connectivity index (χ0n) is 7.26. The molecule has 1 rings (SSSR count). The molecule has 74 valence electrons. The van der Waals surface area contributed by atoms with Gasteiger partial charge in [-0.15, -0.1) is 0 Å². The highest BCUT2D eigenvalue weighted by Gasteiger charge is 2.20. The summed E-state index contributed by atoms with van der Waals surface area (Å²) in [5, 5.41) is 27.4. The van der Waals surface area contributed by atoms with Crippen LogP contribution < -0.4 is 0 Å². The van der Waals surface area contributed by atoms with E-state index in [1.165, 1.54) is 0 Å². The third kappa shape index (κ3) is 2.51. The van der Waals surface area contributed by atoms with Crippen molar-refractivity contribution in [1.82, 2.24) is 4.98 Å². The second kappa shape index (κ2) is 5.05. The molecular weight excluding hydrogens is 248 g/mol. The van der Waals surface area contributed by atoms with Gasteiger partial charge in [-0.05, 0) is 22.0 Å². The van der Waals surface area contributed by atoms with Crippen molar-refractivity contribution in [1.29, 1.82) is 5.26 Å². The van der Waals surface area contributed by atoms with E-state index < -0.39 is 12.2 Å². The summed E-state index contributed by atoms with van der Waals surface area (Å²) in [6.45, 7) is 0. The molecule has 0 aliphatic heterocycles. The van der Waals surface area contributed by atoms with E-state index in [9.17, 15) is 10.2 Å². The lowest BCUT2D eigenvalue weighted by Gasteiger charge is -2.15. The number of aliphatic hydroxyl groups is 2. The van der Waals surface area contributed by atoms with Gasteiger partial charge >= 0.3 is 0 Å². The van der Waals surface area contributed by atoms with Crippen molar-refractivity contribution in [2.75, 3.05) is 0 Å². The van der Waals surface area contributed by atoms with Gasteiger partial charge in [0.15, 0.2) is 0 Å². The molecule has 14 heavy (non-hydrogen) atoms. The minimum absolute atomic E-state index is 0.109. The highest BCUT2D eigenvalue weighted by atomic mass is 79.9. The number of aliphatic hydroxyl groups excluding tert-OH is 2. The third-order valence-corrected chi connectivity index (χ3v) is 2.43. The molecule has 0 spiro atoms. The lowest BCUT2D eigenvalue weighted by Crippen LogP contribution is -2.18. The van der Waals surface area contributed by atoms with Crippen LogP contribution in [0.3, 0.4) is 0 Å². The van der Waals surface area contributed by atoms with E-state index in [2.05, 4.69) is 20.9 Å². The first-order valence-electron chi connectivity index (χ1n) is 4.00. The molecular formula is C9H9BrN2O2. The van der Waals surface area contributed by atoms with E-state index in [1.54, 1.807) is 24.4 Å². The Morgan fingerprint density at radius 1 is 1.57 bits per heavy atom. The maximum atomic E-state index is 9.63. The second-order valence-corrected chi connectivity index (χ2v) is 3.51. The average Bonchev–Trinajstić information content (AvgIpc) is 2.18. The monoisotopic (exact) mass is 256 g/mol. The van der Waals surface area contributed by atoms with Crippen LogP contribution in [0.5, 0.6) is 0 Å². The van der Waals surface area contributed by atoms with Crippen molar-refractivity contribution in [3.63, 3.8) is 0 Å². The first-order valence-corrected chi connectivity index (χ1v) is 4.79. The summed E-state index contributed by atoms with van der Waals surface area (Å²) in [5.41, 5.74) is 0.482. The van der Waals surface area contributed by atoms with Gasteiger partial charge in [0.05, 0.1) is 18.6 Å². The van der Waals surface area contributed by atoms with Crippen LogP contribution in [0, 0.1) is 11.3 Å². The van der Waals surface area contributed by atoms with Crippen LogP contribution in [-0.4, -0.2) is 21.3 Å². The normalized spacial score (nSPS) is 14.4. The van der Waals surface area contributed by atoms with Crippen LogP contribution in [0.15, 0.2) is 22.9 Å². The number of hydrogen-bond donors (Lipinski definition) is 2. The Morgan fingerprint density at radius 2 is 2.29 bits per heavy atom. The predicted octanol–water partition coefficient (Wildman–Crippen LogP) is 1.15. The SMILES string of the molecule is N#CCC(O)C(O)c1cccnc1Br. The van der Waals surface area contributed by atoms with Gasteiger partial charge in [0.25, 0.3) is 0 Å². The number of hydrogen-bond acceptors (Lipinski definition) is 4. The van der Waals surface area contributed by atoms with Crippen molar-refractivity contribution >= 4 is 15.9 Å². The molecule has 0 saturated heterocycles. The predicted molar refractivity (Wildman–Crippen MR) is 53.1 cm³/mol. The minimum Gasteiger partial charge on any atom is -0.389 e. The molecule has 5 heteroatoms. The van der Waals surface area contributed by atoms with Gasteiger partial charge < -0.3 is 10.2 Å². The van der Waals surface area contributed by atoms with E-state index in [-0.39, 0.29) is 6.42 Å². The maximum absolute atomic E-state index is 9.63. The molecule has 4 nitrogen and oxygen atoms in total. The zero-order chi connectivity index (χ0) is 10.6. The number of rotatable bonds is 3. The molecule has 0 radical (unpaired) electrons. The van der Waals surface area contributed by atoms with Crippen molar-refractivity contribution in [3.05, 3.63) is 28.5 Å². The Balaban J connectivity index is 2.84. The molecule has 2 atom stereocenters. The van der Waals surface area contributed by atoms with Gasteiger partial charge in [0, 0.05) is 11.8 Å². The van der Waals surface area contributed by atoms with E-state index >= 15 is 0 Å². The fourth-order valence-corrected chi connectivity index (χ4v) is 1.52. The quantitative estimate of drug-likeness (QED) is 0.796. The van der Waals surface area contributed by atoms with Gasteiger partial charge in [0.1, 0.15) is 10.7 Å². The summed E-state index contributed by atoms with van der Waals surface area (Å²) in [6, 6.07) is 5.09. The Bertz CT molecular complexity index is 351. The fraction of sp³-hybridized carbons (Fsp3) is 0.333. The summed E-state index contributed by atoms with van der Waals surface area (Å²) >= 11 is 3.15. The van der Waals surface area contributed by atoms with E-state index in [0.717, 1.165) is 0 Å². The first-order chi connectivity index (χ1) is 6.66. The van der Waals surface area contributed by atoms with E-state index in [4.69, 9.17) is 5.26 Å². The lowest BCUT2D eigenvalue weighted by molar-refractivity contribution is 0.0209. The van der Waals surface area contributed by atoms with Gasteiger partial charge in [-0.2, -0.15) is 5.26 Å². The topological polar surface area (TPSA) is 77.1 Å². The molecule has 2 unspecified atom stereocenters. The van der Waals surface area contributed by atoms with Crippen molar-refractivity contribution in [2.24, 2.45) is 0 Å². The Labute approximate surface area is 90.0 Å². The number of aromatic nitrogens is 1. The smallest absolute Gasteiger partial charge is 0.111 e. The molecule has 0 bridgehead atoms. The number of nitriles is 1. The summed E-state index contributed by atoms with van der Waals surface area (Å²) < 4.78 is 0.476. The molecule has 2 N–H and O–H groups in total. The van der Waals surface area contributed by atoms with Crippen LogP contribution in [0.4, 0.5) is 0 Å². The Morgan fingerprint density at radius 3 is 2.86 bits per heavy atom. The summed E-state index contributed by atoms with van der Waals surface area (Å²) in [7, 11) is 0. The van der Waals surface area contributed by atoms with Crippen LogP contribution >= 0.6 is 15.9 Å². The van der Waals surface area contributed by atoms with Crippen LogP contribution in [-0.2, 0) is 0 Å². The fourth-order valence-electron chi connectivity index (χ4n) is 1.03. The zero-order valence-corrected chi connectivity index (χ0v) is 8.85. The van der Waals surface area contributed by atoms with Gasteiger partial charge in [-0.3, -0.25) is 0 Å². The number of nitrogens with zero attached hydrogens (tertiary/aromatic N) is 2. The number of pyridine rings is 1. The molecule has 0 fully saturated rings. The largest absolute Gasteiger partial charge is 0.389 e. The molecule has 0 saturated carbocycles. The molecule has 1 aromatic heterocycles. The summed E-state index contributed by atoms with van der Waals surface area (Å²) in [4.78, 5) is 3.91. The van der Waals surface area contributed by atoms with Crippen LogP contribution in [0.1, 0.15) is 18.1 Å². The lowest BCUT2D eigenvalue weighted by atomic mass is 10.0. The molecule has 0 amide bonds. The van der Waals surface area contributed by atoms with E-state index in [1.807, 2.05) is 0 Å². The van der Waals surface area contributed by atoms with Crippen molar-refractivity contribution in [3.8, 4) is 6.07 Å². The second-order valence-electron chi connectivity index (χ2n) is 2.76. The standard InChI is InChI=1S/C9H9BrN2O2/c10-9-6(2-1-5-12-9)8(14)7(13)3-4-11/h1-2,5,7-8,13-14H,3H2. The third-order valence-electron chi connectivity index (χ3n) is 1.77. The van der Waals surface area contributed by atoms with Crippen molar-refractivity contribution < 1.29 is 10.2 Å². The maximum Gasteiger partial charge on any atom is 0.111 e. The Hall–Kier alpha value is -0.960. The molecule has 0 aliphatic carbocycles. The summed E-state index contributed by atoms with van der Waals surface area (Å²) in [5.74, 6) is 0. The van der Waals surface area contributed by atoms with Crippen molar-refractivity contribution in [2.45, 2.75) is 18.6 Å². The molecule has 0 aliphatic rings. The highest BCUT2D eigenvalue weighted by Crippen LogP contribution is 2.24. The minimum atomic E-state index is -1.09. The molecule has 1 heterocycles.